The molecule has 0 saturated heterocycles. The first-order chi connectivity index (χ1) is 12.5. The lowest BCUT2D eigenvalue weighted by molar-refractivity contribution is 0.391. The Kier molecular flexibility index (Phi) is 7.51. The molecule has 0 amide bonds. The van der Waals surface area contributed by atoms with Crippen LogP contribution in [0.1, 0.15) is 42.3 Å². The van der Waals surface area contributed by atoms with E-state index < -0.39 is 0 Å². The van der Waals surface area contributed by atoms with Crippen LogP contribution in [0.2, 0.25) is 0 Å². The minimum atomic E-state index is 0.262. The van der Waals surface area contributed by atoms with Gasteiger partial charge in [-0.25, -0.2) is 0 Å². The normalized spacial score (nSPS) is 12.7. The second kappa shape index (κ2) is 9.85. The lowest BCUT2D eigenvalue weighted by Crippen LogP contribution is -2.38. The van der Waals surface area contributed by atoms with Crippen molar-refractivity contribution in [1.82, 2.24) is 15.8 Å². The van der Waals surface area contributed by atoms with Crippen molar-refractivity contribution in [3.63, 3.8) is 0 Å². The van der Waals surface area contributed by atoms with Crippen LogP contribution < -0.4 is 15.4 Å². The zero-order chi connectivity index (χ0) is 18.9. The van der Waals surface area contributed by atoms with Gasteiger partial charge in [-0.2, -0.15) is 0 Å². The quantitative estimate of drug-likeness (QED) is 0.560. The summed E-state index contributed by atoms with van der Waals surface area (Å²) in [6.07, 6.45) is 0.924. The molecule has 1 aromatic heterocycles. The van der Waals surface area contributed by atoms with Crippen LogP contribution in [-0.2, 0) is 6.42 Å². The molecule has 0 aliphatic carbocycles. The lowest BCUT2D eigenvalue weighted by atomic mass is 10.00. The van der Waals surface area contributed by atoms with E-state index in [0.29, 0.717) is 6.54 Å². The van der Waals surface area contributed by atoms with Crippen molar-refractivity contribution < 1.29 is 9.26 Å². The van der Waals surface area contributed by atoms with Crippen LogP contribution in [0.5, 0.6) is 5.75 Å². The van der Waals surface area contributed by atoms with Crippen LogP contribution in [0, 0.1) is 13.8 Å². The number of hydrogen-bond acceptors (Lipinski definition) is 4. The predicted octanol–water partition coefficient (Wildman–Crippen LogP) is 3.20. The summed E-state index contributed by atoms with van der Waals surface area (Å²) in [6, 6.07) is 8.15. The largest absolute Gasteiger partial charge is 0.497 e. The highest BCUT2D eigenvalue weighted by atomic mass is 16.5. The summed E-state index contributed by atoms with van der Waals surface area (Å²) in [5.41, 5.74) is 3.36. The average molecular weight is 358 g/mol. The fourth-order valence-corrected chi connectivity index (χ4v) is 2.97. The molecule has 2 rings (SSSR count). The average Bonchev–Trinajstić information content (AvgIpc) is 2.98. The number of nitrogens with one attached hydrogen (secondary N) is 2. The summed E-state index contributed by atoms with van der Waals surface area (Å²) in [7, 11) is 1.68. The van der Waals surface area contributed by atoms with Crippen molar-refractivity contribution in [2.75, 3.05) is 26.7 Å². The molecule has 1 aromatic carbocycles. The molecule has 2 aromatic rings. The Balaban J connectivity index is 1.89. The fourth-order valence-electron chi connectivity index (χ4n) is 2.97. The highest BCUT2D eigenvalue weighted by Crippen LogP contribution is 2.23. The molecule has 0 saturated carbocycles. The molecule has 0 spiro atoms. The Morgan fingerprint density at radius 1 is 1.23 bits per heavy atom. The second-order valence-electron chi connectivity index (χ2n) is 6.38. The summed E-state index contributed by atoms with van der Waals surface area (Å²) < 4.78 is 10.5. The van der Waals surface area contributed by atoms with Gasteiger partial charge in [0.25, 0.3) is 0 Å². The molecule has 1 heterocycles. The maximum Gasteiger partial charge on any atom is 0.191 e. The molecule has 1 atom stereocenters. The molecule has 1 unspecified atom stereocenters. The summed E-state index contributed by atoms with van der Waals surface area (Å²) in [5.74, 6) is 2.85. The molecule has 0 aliphatic heterocycles. The van der Waals surface area contributed by atoms with E-state index in [4.69, 9.17) is 14.3 Å². The maximum atomic E-state index is 5.26. The van der Waals surface area contributed by atoms with Gasteiger partial charge >= 0.3 is 0 Å². The van der Waals surface area contributed by atoms with Gasteiger partial charge in [-0.05, 0) is 44.9 Å². The molecule has 0 bridgehead atoms. The van der Waals surface area contributed by atoms with Crippen molar-refractivity contribution in [3.05, 3.63) is 46.8 Å². The van der Waals surface area contributed by atoms with Crippen LogP contribution in [0.15, 0.2) is 33.8 Å². The van der Waals surface area contributed by atoms with E-state index >= 15 is 0 Å². The Bertz CT molecular complexity index is 688. The van der Waals surface area contributed by atoms with Crippen molar-refractivity contribution in [1.29, 1.82) is 0 Å². The van der Waals surface area contributed by atoms with Gasteiger partial charge in [0.2, 0.25) is 0 Å². The minimum Gasteiger partial charge on any atom is -0.497 e. The number of aromatic nitrogens is 1. The third-order valence-corrected chi connectivity index (χ3v) is 4.31. The Hall–Kier alpha value is -2.50. The number of aryl methyl sites for hydroxylation is 2. The number of rotatable bonds is 8. The third-order valence-electron chi connectivity index (χ3n) is 4.31. The van der Waals surface area contributed by atoms with Gasteiger partial charge in [-0.3, -0.25) is 4.99 Å². The molecule has 26 heavy (non-hydrogen) atoms. The standard InChI is InChI=1S/C20H30N4O2/c1-6-21-20(22-12-11-17-7-9-18(25-5)10-8-17)23-13-14(2)19-15(3)24-26-16(19)4/h7-10,14H,6,11-13H2,1-5H3,(H2,21,22,23). The number of ether oxygens (including phenoxy) is 1. The molecular weight excluding hydrogens is 328 g/mol. The van der Waals surface area contributed by atoms with Crippen LogP contribution in [-0.4, -0.2) is 37.9 Å². The maximum absolute atomic E-state index is 5.26. The Morgan fingerprint density at radius 3 is 2.54 bits per heavy atom. The van der Waals surface area contributed by atoms with Crippen molar-refractivity contribution in [2.45, 2.75) is 40.0 Å². The van der Waals surface area contributed by atoms with Gasteiger partial charge in [0.15, 0.2) is 5.96 Å². The third kappa shape index (κ3) is 5.51. The zero-order valence-electron chi connectivity index (χ0n) is 16.4. The highest BCUT2D eigenvalue weighted by molar-refractivity contribution is 5.79. The van der Waals surface area contributed by atoms with E-state index in [1.54, 1.807) is 7.11 Å². The molecule has 2 N–H and O–H groups in total. The van der Waals surface area contributed by atoms with Crippen LogP contribution >= 0.6 is 0 Å². The Labute approximate surface area is 156 Å². The van der Waals surface area contributed by atoms with Crippen LogP contribution in [0.3, 0.4) is 0 Å². The van der Waals surface area contributed by atoms with Gasteiger partial charge in [0, 0.05) is 31.1 Å². The van der Waals surface area contributed by atoms with Crippen molar-refractivity contribution >= 4 is 5.96 Å². The van der Waals surface area contributed by atoms with E-state index in [1.165, 1.54) is 5.56 Å². The van der Waals surface area contributed by atoms with E-state index in [1.807, 2.05) is 26.0 Å². The van der Waals surface area contributed by atoms with Gasteiger partial charge < -0.3 is 19.9 Å². The monoisotopic (exact) mass is 358 g/mol. The Morgan fingerprint density at radius 2 is 1.96 bits per heavy atom. The zero-order valence-corrected chi connectivity index (χ0v) is 16.4. The molecular formula is C20H30N4O2. The first-order valence-corrected chi connectivity index (χ1v) is 9.13. The second-order valence-corrected chi connectivity index (χ2v) is 6.38. The first-order valence-electron chi connectivity index (χ1n) is 9.13. The molecule has 6 nitrogen and oxygen atoms in total. The number of methoxy groups -OCH3 is 1. The van der Waals surface area contributed by atoms with Crippen LogP contribution in [0.4, 0.5) is 0 Å². The van der Waals surface area contributed by atoms with E-state index in [-0.39, 0.29) is 5.92 Å². The smallest absolute Gasteiger partial charge is 0.191 e. The van der Waals surface area contributed by atoms with E-state index in [2.05, 4.69) is 41.8 Å². The minimum absolute atomic E-state index is 0.262. The van der Waals surface area contributed by atoms with Gasteiger partial charge in [0.05, 0.1) is 12.8 Å². The van der Waals surface area contributed by atoms with Crippen molar-refractivity contribution in [2.24, 2.45) is 4.99 Å². The topological polar surface area (TPSA) is 71.7 Å². The van der Waals surface area contributed by atoms with Crippen molar-refractivity contribution in [3.8, 4) is 5.75 Å². The number of hydrogen-bond donors (Lipinski definition) is 2. The lowest BCUT2D eigenvalue weighted by Gasteiger charge is -2.13. The number of nitrogens with zero attached hydrogens (tertiary/aromatic N) is 2. The summed E-state index contributed by atoms with van der Waals surface area (Å²) in [4.78, 5) is 4.72. The first kappa shape index (κ1) is 19.8. The number of aliphatic imine (C=N–C) groups is 1. The van der Waals surface area contributed by atoms with Gasteiger partial charge in [-0.1, -0.05) is 24.2 Å². The highest BCUT2D eigenvalue weighted by Gasteiger charge is 2.16. The molecule has 0 radical (unpaired) electrons. The van der Waals surface area contributed by atoms with Gasteiger partial charge in [0.1, 0.15) is 11.5 Å². The van der Waals surface area contributed by atoms with Gasteiger partial charge in [-0.15, -0.1) is 0 Å². The van der Waals surface area contributed by atoms with E-state index in [0.717, 1.165) is 48.2 Å². The van der Waals surface area contributed by atoms with Crippen LogP contribution in [0.25, 0.3) is 0 Å². The fraction of sp³-hybridized carbons (Fsp3) is 0.500. The SMILES string of the molecule is CCNC(=NCC(C)c1c(C)noc1C)NCCc1ccc(OC)cc1. The molecule has 6 heteroatoms. The van der Waals surface area contributed by atoms with E-state index in [9.17, 15) is 0 Å². The molecule has 0 fully saturated rings. The number of guanidine groups is 1. The molecule has 0 aliphatic rings. The predicted molar refractivity (Wildman–Crippen MR) is 105 cm³/mol. The molecule has 142 valence electrons. The summed E-state index contributed by atoms with van der Waals surface area (Å²) in [5, 5.41) is 10.7. The summed E-state index contributed by atoms with van der Waals surface area (Å²) >= 11 is 0. The number of benzene rings is 1. The summed E-state index contributed by atoms with van der Waals surface area (Å²) in [6.45, 7) is 10.5.